The highest BCUT2D eigenvalue weighted by Crippen LogP contribution is 2.43. The maximum Gasteiger partial charge on any atom is 0.514 e. The Balaban J connectivity index is 2.43. The van der Waals surface area contributed by atoms with Gasteiger partial charge >= 0.3 is 6.09 Å². The fourth-order valence-electron chi connectivity index (χ4n) is 3.83. The van der Waals surface area contributed by atoms with E-state index in [2.05, 4.69) is 32.9 Å². The van der Waals surface area contributed by atoms with Gasteiger partial charge in [-0.1, -0.05) is 12.2 Å². The number of amides is 1. The molecule has 0 radical (unpaired) electrons. The molecule has 1 saturated heterocycles. The minimum absolute atomic E-state index is 0.222. The van der Waals surface area contributed by atoms with E-state index in [1.165, 1.54) is 6.42 Å². The van der Waals surface area contributed by atoms with Crippen LogP contribution in [0.15, 0.2) is 12.2 Å². The van der Waals surface area contributed by atoms with E-state index in [4.69, 9.17) is 0 Å². The van der Waals surface area contributed by atoms with Gasteiger partial charge < -0.3 is 5.11 Å². The molecule has 1 heterocycles. The molecule has 0 aromatic heterocycles. The first kappa shape index (κ1) is 12.6. The minimum Gasteiger partial charge on any atom is -0.435 e. The van der Waals surface area contributed by atoms with Crippen molar-refractivity contribution >= 4 is 6.09 Å². The highest BCUT2D eigenvalue weighted by molar-refractivity contribution is 5.58. The predicted octanol–water partition coefficient (Wildman–Crippen LogP) is 3.41. The first-order valence-electron chi connectivity index (χ1n) is 6.66. The number of nitrogens with zero attached hydrogens (tertiary/aromatic N) is 1. The highest BCUT2D eigenvalue weighted by Gasteiger charge is 2.57. The van der Waals surface area contributed by atoms with E-state index >= 15 is 0 Å². The second kappa shape index (κ2) is 4.13. The Morgan fingerprint density at radius 2 is 1.94 bits per heavy atom. The summed E-state index contributed by atoms with van der Waals surface area (Å²) >= 11 is 0. The third-order valence-corrected chi connectivity index (χ3v) is 4.72. The average molecular weight is 238 g/mol. The zero-order valence-electron chi connectivity index (χ0n) is 11.1. The molecule has 0 bridgehead atoms. The van der Waals surface area contributed by atoms with Gasteiger partial charge in [-0.15, -0.1) is 0 Å². The van der Waals surface area contributed by atoms with Gasteiger partial charge in [0.2, 0.25) is 0 Å². The first-order valence-corrected chi connectivity index (χ1v) is 6.66. The number of fused-ring (bicyclic) bond motifs is 1. The molecule has 1 unspecified atom stereocenters. The van der Waals surface area contributed by atoms with Crippen molar-refractivity contribution in [2.75, 3.05) is 6.54 Å². The Labute approximate surface area is 104 Å². The lowest BCUT2D eigenvalue weighted by atomic mass is 9.77. The number of hydrogen-bond donors (Lipinski definition) is 1. The fourth-order valence-corrected chi connectivity index (χ4v) is 3.83. The van der Waals surface area contributed by atoms with Crippen molar-refractivity contribution < 1.29 is 14.4 Å². The van der Waals surface area contributed by atoms with Crippen LogP contribution in [-0.2, 0) is 0 Å². The Morgan fingerprint density at radius 3 is 2.53 bits per heavy atom. The summed E-state index contributed by atoms with van der Waals surface area (Å²) in [5, 5.41) is 9.81. The lowest BCUT2D eigenvalue weighted by Crippen LogP contribution is -2.71. The quantitative estimate of drug-likeness (QED) is 0.518. The molecule has 1 N–H and O–H groups in total. The number of allylic oxidation sites excluding steroid dienone is 1. The van der Waals surface area contributed by atoms with Gasteiger partial charge in [0.15, 0.2) is 0 Å². The average Bonchev–Trinajstić information content (AvgIpc) is 2.26. The van der Waals surface area contributed by atoms with Crippen LogP contribution in [0.25, 0.3) is 0 Å². The van der Waals surface area contributed by atoms with Gasteiger partial charge in [0.25, 0.3) is 0 Å². The summed E-state index contributed by atoms with van der Waals surface area (Å²) in [6.07, 6.45) is 7.99. The van der Waals surface area contributed by atoms with Crippen molar-refractivity contribution in [3.05, 3.63) is 12.2 Å². The molecule has 3 atom stereocenters. The van der Waals surface area contributed by atoms with Gasteiger partial charge in [-0.3, -0.25) is 0 Å². The Kier molecular flexibility index (Phi) is 3.06. The molecule has 0 aromatic rings. The number of quaternary nitrogens is 1. The molecular formula is C14H24NO2+. The van der Waals surface area contributed by atoms with E-state index in [9.17, 15) is 9.90 Å². The van der Waals surface area contributed by atoms with Crippen LogP contribution >= 0.6 is 0 Å². The number of carboxylic acid groups (broad SMARTS) is 1. The molecule has 3 nitrogen and oxygen atoms in total. The van der Waals surface area contributed by atoms with Crippen molar-refractivity contribution in [1.29, 1.82) is 0 Å². The molecule has 2 aliphatic rings. The summed E-state index contributed by atoms with van der Waals surface area (Å²) in [5.74, 6) is 0.559. The highest BCUT2D eigenvalue weighted by atomic mass is 16.4. The van der Waals surface area contributed by atoms with Gasteiger partial charge in [-0.25, -0.2) is 4.48 Å². The summed E-state index contributed by atoms with van der Waals surface area (Å²) in [4.78, 5) is 11.9. The monoisotopic (exact) mass is 238 g/mol. The molecule has 1 aliphatic heterocycles. The van der Waals surface area contributed by atoms with Crippen molar-refractivity contribution in [3.63, 3.8) is 0 Å². The van der Waals surface area contributed by atoms with E-state index in [0.29, 0.717) is 5.92 Å². The summed E-state index contributed by atoms with van der Waals surface area (Å²) < 4.78 is 0.252. The van der Waals surface area contributed by atoms with E-state index in [1.807, 2.05) is 0 Å². The van der Waals surface area contributed by atoms with Gasteiger partial charge in [0.05, 0.1) is 6.54 Å². The maximum absolute atomic E-state index is 11.9. The standard InChI is InChI=1S/C14H23NO2/c1-14(2,3)15(13(16)17)10-6-8-11-7-4-5-9-12(11)15/h4-5,11-12H,6-10H2,1-3H3/p+1/t11-,12?,15+/m0/s1. The van der Waals surface area contributed by atoms with Crippen LogP contribution in [0.3, 0.4) is 0 Å². The van der Waals surface area contributed by atoms with Crippen molar-refractivity contribution in [1.82, 2.24) is 0 Å². The zero-order chi connectivity index (χ0) is 12.7. The van der Waals surface area contributed by atoms with Gasteiger partial charge in [-0.05, 0) is 40.0 Å². The summed E-state index contributed by atoms with van der Waals surface area (Å²) in [6.45, 7) is 7.00. The molecule has 2 rings (SSSR count). The first-order chi connectivity index (χ1) is 7.89. The van der Waals surface area contributed by atoms with E-state index in [0.717, 1.165) is 25.8 Å². The smallest absolute Gasteiger partial charge is 0.435 e. The number of carbonyl (C=O) groups is 1. The molecule has 96 valence electrons. The summed E-state index contributed by atoms with van der Waals surface area (Å²) in [7, 11) is 0. The molecule has 1 fully saturated rings. The number of piperidine rings is 1. The molecular weight excluding hydrogens is 214 g/mol. The lowest BCUT2D eigenvalue weighted by Gasteiger charge is -2.54. The molecule has 0 saturated carbocycles. The third-order valence-electron chi connectivity index (χ3n) is 4.72. The maximum atomic E-state index is 11.9. The largest absolute Gasteiger partial charge is 0.514 e. The van der Waals surface area contributed by atoms with Crippen LogP contribution in [0, 0.1) is 5.92 Å². The van der Waals surface area contributed by atoms with Crippen LogP contribution in [0.2, 0.25) is 0 Å². The van der Waals surface area contributed by atoms with Crippen LogP contribution in [-0.4, -0.2) is 33.8 Å². The van der Waals surface area contributed by atoms with Crippen LogP contribution in [0.5, 0.6) is 0 Å². The Morgan fingerprint density at radius 1 is 1.29 bits per heavy atom. The van der Waals surface area contributed by atoms with E-state index < -0.39 is 6.09 Å². The number of likely N-dealkylation sites (tertiary alicyclic amines) is 1. The van der Waals surface area contributed by atoms with Crippen molar-refractivity contribution in [3.8, 4) is 0 Å². The summed E-state index contributed by atoms with van der Waals surface area (Å²) in [6, 6.07) is 0.270. The summed E-state index contributed by atoms with van der Waals surface area (Å²) in [5.41, 5.74) is -0.222. The molecule has 0 aromatic carbocycles. The SMILES string of the molecule is CC(C)(C)[N@+]1(C(=O)O)CCC[C@@H]2CC=CCC21. The Hall–Kier alpha value is -0.830. The minimum atomic E-state index is -0.637. The lowest BCUT2D eigenvalue weighted by molar-refractivity contribution is -0.935. The predicted molar refractivity (Wildman–Crippen MR) is 67.8 cm³/mol. The topological polar surface area (TPSA) is 37.3 Å². The van der Waals surface area contributed by atoms with Gasteiger partial charge in [-0.2, -0.15) is 4.79 Å². The molecule has 0 spiro atoms. The van der Waals surface area contributed by atoms with E-state index in [-0.39, 0.29) is 16.1 Å². The second-order valence-electron chi connectivity index (χ2n) is 6.46. The van der Waals surface area contributed by atoms with Crippen LogP contribution < -0.4 is 0 Å². The van der Waals surface area contributed by atoms with E-state index in [1.54, 1.807) is 0 Å². The normalized spacial score (nSPS) is 37.6. The van der Waals surface area contributed by atoms with Crippen molar-refractivity contribution in [2.24, 2.45) is 5.92 Å². The Bertz CT molecular complexity index is 343. The number of hydrogen-bond acceptors (Lipinski definition) is 1. The zero-order valence-corrected chi connectivity index (χ0v) is 11.1. The van der Waals surface area contributed by atoms with Crippen LogP contribution in [0.1, 0.15) is 46.5 Å². The molecule has 1 aliphatic carbocycles. The second-order valence-corrected chi connectivity index (χ2v) is 6.46. The van der Waals surface area contributed by atoms with Crippen LogP contribution in [0.4, 0.5) is 4.79 Å². The van der Waals surface area contributed by atoms with Gasteiger partial charge in [0, 0.05) is 12.3 Å². The number of rotatable bonds is 0. The van der Waals surface area contributed by atoms with Gasteiger partial charge in [0.1, 0.15) is 11.6 Å². The van der Waals surface area contributed by atoms with Crippen molar-refractivity contribution in [2.45, 2.75) is 58.0 Å². The molecule has 3 heteroatoms. The molecule has 1 amide bonds. The fraction of sp³-hybridized carbons (Fsp3) is 0.786. The third kappa shape index (κ3) is 1.81. The molecule has 17 heavy (non-hydrogen) atoms.